The molecule has 1 rings (SSSR count). The summed E-state index contributed by atoms with van der Waals surface area (Å²) in [5, 5.41) is 11.6. The molecule has 0 saturated carbocycles. The second-order valence-corrected chi connectivity index (χ2v) is 12.0. The largest absolute Gasteiger partial charge is 0.465 e. The molecule has 1 atom stereocenters. The van der Waals surface area contributed by atoms with Crippen molar-refractivity contribution in [1.29, 1.82) is 0 Å². The Balaban J connectivity index is 2.33. The van der Waals surface area contributed by atoms with Crippen molar-refractivity contribution in [2.75, 3.05) is 26.2 Å². The predicted molar refractivity (Wildman–Crippen MR) is 83.8 cm³/mol. The summed E-state index contributed by atoms with van der Waals surface area (Å²) in [4.78, 5) is 13.0. The van der Waals surface area contributed by atoms with Crippen molar-refractivity contribution in [3.63, 3.8) is 0 Å². The highest BCUT2D eigenvalue weighted by Crippen LogP contribution is 2.36. The van der Waals surface area contributed by atoms with Gasteiger partial charge in [0.25, 0.3) is 0 Å². The lowest BCUT2D eigenvalue weighted by Crippen LogP contribution is -2.49. The lowest BCUT2D eigenvalue weighted by atomic mass is 10.1. The fourth-order valence-corrected chi connectivity index (χ4v) is 3.23. The second-order valence-electron chi connectivity index (χ2n) is 7.20. The van der Waals surface area contributed by atoms with Gasteiger partial charge in [0, 0.05) is 25.7 Å². The maximum Gasteiger partial charge on any atom is 0.404 e. The lowest BCUT2D eigenvalue weighted by Gasteiger charge is -2.38. The molecular weight excluding hydrogens is 272 g/mol. The zero-order valence-corrected chi connectivity index (χ0v) is 14.5. The summed E-state index contributed by atoms with van der Waals surface area (Å²) in [6, 6.07) is 0.0640. The minimum absolute atomic E-state index is 0.0640. The molecule has 1 aliphatic heterocycles. The summed E-state index contributed by atoms with van der Waals surface area (Å²) in [6.07, 6.45) is 1.06. The van der Waals surface area contributed by atoms with Gasteiger partial charge in [-0.1, -0.05) is 20.8 Å². The molecule has 1 heterocycles. The summed E-state index contributed by atoms with van der Waals surface area (Å²) in [7, 11) is -1.67. The summed E-state index contributed by atoms with van der Waals surface area (Å²) in [5.41, 5.74) is 0. The third kappa shape index (κ3) is 5.42. The zero-order chi connectivity index (χ0) is 15.4. The number of carboxylic acid groups (broad SMARTS) is 1. The highest BCUT2D eigenvalue weighted by molar-refractivity contribution is 6.74. The Bertz CT molecular complexity index is 329. The number of rotatable bonds is 5. The highest BCUT2D eigenvalue weighted by atomic mass is 28.4. The highest BCUT2D eigenvalue weighted by Gasteiger charge is 2.37. The first kappa shape index (κ1) is 17.5. The molecule has 1 aliphatic rings. The van der Waals surface area contributed by atoms with Gasteiger partial charge in [-0.25, -0.2) is 4.79 Å². The van der Waals surface area contributed by atoms with Gasteiger partial charge in [-0.3, -0.25) is 4.90 Å². The Morgan fingerprint density at radius 1 is 1.45 bits per heavy atom. The normalized spacial score (nSPS) is 21.8. The van der Waals surface area contributed by atoms with Gasteiger partial charge in [-0.2, -0.15) is 0 Å². The van der Waals surface area contributed by atoms with Crippen molar-refractivity contribution in [1.82, 2.24) is 10.2 Å². The molecule has 0 radical (unpaired) electrons. The Kier molecular flexibility index (Phi) is 6.03. The van der Waals surface area contributed by atoms with E-state index in [0.717, 1.165) is 39.1 Å². The average molecular weight is 302 g/mol. The quantitative estimate of drug-likeness (QED) is 0.767. The van der Waals surface area contributed by atoms with Gasteiger partial charge in [0.2, 0.25) is 0 Å². The van der Waals surface area contributed by atoms with E-state index in [4.69, 9.17) is 9.53 Å². The minimum atomic E-state index is -1.67. The number of amides is 1. The van der Waals surface area contributed by atoms with Crippen LogP contribution < -0.4 is 5.32 Å². The van der Waals surface area contributed by atoms with Gasteiger partial charge >= 0.3 is 6.09 Å². The molecular formula is C14H30N2O3Si. The van der Waals surface area contributed by atoms with Gasteiger partial charge in [0.05, 0.1) is 0 Å². The van der Waals surface area contributed by atoms with Gasteiger partial charge in [-0.05, 0) is 37.5 Å². The standard InChI is InChI=1S/C14H30N2O3Si/c1-14(2,3)20(4,5)19-10-9-16-8-6-7-12(11-16)15-13(17)18/h12,15H,6-11H2,1-5H3,(H,17,18)/t12-/m1/s1. The van der Waals surface area contributed by atoms with Gasteiger partial charge < -0.3 is 14.8 Å². The van der Waals surface area contributed by atoms with Crippen molar-refractivity contribution in [2.24, 2.45) is 0 Å². The van der Waals surface area contributed by atoms with Crippen LogP contribution in [0.5, 0.6) is 0 Å². The van der Waals surface area contributed by atoms with Crippen LogP contribution in [0.15, 0.2) is 0 Å². The summed E-state index contributed by atoms with van der Waals surface area (Å²) >= 11 is 0. The molecule has 1 amide bonds. The van der Waals surface area contributed by atoms with E-state index in [1.807, 2.05) is 0 Å². The van der Waals surface area contributed by atoms with Crippen LogP contribution in [-0.4, -0.2) is 56.7 Å². The summed E-state index contributed by atoms with van der Waals surface area (Å²) < 4.78 is 6.17. The number of nitrogens with one attached hydrogen (secondary N) is 1. The fraction of sp³-hybridized carbons (Fsp3) is 0.929. The molecule has 0 aromatic heterocycles. The molecule has 118 valence electrons. The van der Waals surface area contributed by atoms with Gasteiger partial charge in [-0.15, -0.1) is 0 Å². The fourth-order valence-electron chi connectivity index (χ4n) is 2.20. The molecule has 2 N–H and O–H groups in total. The van der Waals surface area contributed by atoms with E-state index in [9.17, 15) is 4.79 Å². The average Bonchev–Trinajstić information content (AvgIpc) is 2.26. The number of likely N-dealkylation sites (tertiary alicyclic amines) is 1. The van der Waals surface area contributed by atoms with Crippen LogP contribution in [0.2, 0.25) is 18.1 Å². The van der Waals surface area contributed by atoms with Crippen LogP contribution in [0, 0.1) is 0 Å². The Labute approximate surface area is 123 Å². The van der Waals surface area contributed by atoms with E-state index in [1.165, 1.54) is 0 Å². The smallest absolute Gasteiger partial charge is 0.404 e. The third-order valence-corrected chi connectivity index (χ3v) is 9.05. The van der Waals surface area contributed by atoms with Gasteiger partial charge in [0.1, 0.15) is 0 Å². The number of hydrogen-bond donors (Lipinski definition) is 2. The second kappa shape index (κ2) is 6.91. The van der Waals surface area contributed by atoms with Crippen LogP contribution in [0.25, 0.3) is 0 Å². The van der Waals surface area contributed by atoms with Crippen molar-refractivity contribution < 1.29 is 14.3 Å². The van der Waals surface area contributed by atoms with Crippen LogP contribution in [0.1, 0.15) is 33.6 Å². The summed E-state index contributed by atoms with van der Waals surface area (Å²) in [6.45, 7) is 14.7. The maximum atomic E-state index is 10.7. The molecule has 0 aliphatic carbocycles. The SMILES string of the molecule is CC(C)(C)[Si](C)(C)OCCN1CCC[C@@H](NC(=O)O)C1. The first-order valence-corrected chi connectivity index (χ1v) is 10.4. The van der Waals surface area contributed by atoms with Gasteiger partial charge in [0.15, 0.2) is 8.32 Å². The number of hydrogen-bond acceptors (Lipinski definition) is 3. The molecule has 0 bridgehead atoms. The van der Waals surface area contributed by atoms with E-state index >= 15 is 0 Å². The topological polar surface area (TPSA) is 61.8 Å². The van der Waals surface area contributed by atoms with Crippen molar-refractivity contribution in [3.8, 4) is 0 Å². The van der Waals surface area contributed by atoms with E-state index in [2.05, 4.69) is 44.1 Å². The van der Waals surface area contributed by atoms with Crippen molar-refractivity contribution >= 4 is 14.4 Å². The molecule has 1 saturated heterocycles. The van der Waals surface area contributed by atoms with E-state index < -0.39 is 14.4 Å². The molecule has 0 unspecified atom stereocenters. The van der Waals surface area contributed by atoms with Crippen LogP contribution in [0.3, 0.4) is 0 Å². The predicted octanol–water partition coefficient (Wildman–Crippen LogP) is 2.74. The molecule has 6 heteroatoms. The third-order valence-electron chi connectivity index (χ3n) is 4.51. The lowest BCUT2D eigenvalue weighted by molar-refractivity contribution is 0.144. The summed E-state index contributed by atoms with van der Waals surface area (Å²) in [5.74, 6) is 0. The Morgan fingerprint density at radius 3 is 2.65 bits per heavy atom. The Morgan fingerprint density at radius 2 is 2.10 bits per heavy atom. The van der Waals surface area contributed by atoms with Crippen LogP contribution >= 0.6 is 0 Å². The minimum Gasteiger partial charge on any atom is -0.465 e. The number of nitrogens with zero attached hydrogens (tertiary/aromatic N) is 1. The van der Waals surface area contributed by atoms with Crippen LogP contribution in [-0.2, 0) is 4.43 Å². The van der Waals surface area contributed by atoms with E-state index in [0.29, 0.717) is 0 Å². The first-order valence-electron chi connectivity index (χ1n) is 7.47. The number of carbonyl (C=O) groups is 1. The van der Waals surface area contributed by atoms with E-state index in [1.54, 1.807) is 0 Å². The van der Waals surface area contributed by atoms with Crippen molar-refractivity contribution in [2.45, 2.75) is 57.8 Å². The molecule has 20 heavy (non-hydrogen) atoms. The molecule has 0 aromatic rings. The zero-order valence-electron chi connectivity index (χ0n) is 13.5. The number of piperidine rings is 1. The van der Waals surface area contributed by atoms with Crippen molar-refractivity contribution in [3.05, 3.63) is 0 Å². The molecule has 5 nitrogen and oxygen atoms in total. The molecule has 0 spiro atoms. The molecule has 1 fully saturated rings. The van der Waals surface area contributed by atoms with E-state index in [-0.39, 0.29) is 11.1 Å². The Hall–Kier alpha value is -0.593. The first-order chi connectivity index (χ1) is 9.12. The maximum absolute atomic E-state index is 10.7. The molecule has 0 aromatic carbocycles. The monoisotopic (exact) mass is 302 g/mol. The van der Waals surface area contributed by atoms with Crippen LogP contribution in [0.4, 0.5) is 4.79 Å².